The Balaban J connectivity index is 2.22. The number of imidazole rings is 1. The molecule has 20 heavy (non-hydrogen) atoms. The molecule has 2 aromatic rings. The first-order valence-electron chi connectivity index (χ1n) is 5.50. The van der Waals surface area contributed by atoms with E-state index in [4.69, 9.17) is 5.11 Å². The summed E-state index contributed by atoms with van der Waals surface area (Å²) in [5.74, 6) is 5.72. The number of thiazole rings is 1. The Labute approximate surface area is 120 Å². The highest BCUT2D eigenvalue weighted by molar-refractivity contribution is 7.92. The number of sulfonamides is 1. The Kier molecular flexibility index (Phi) is 4.08. The zero-order valence-corrected chi connectivity index (χ0v) is 12.4. The normalized spacial score (nSPS) is 10.9. The fourth-order valence-corrected chi connectivity index (χ4v) is 3.30. The van der Waals surface area contributed by atoms with Gasteiger partial charge in [-0.25, -0.2) is 9.97 Å². The van der Waals surface area contributed by atoms with Gasteiger partial charge in [-0.05, 0) is 6.92 Å². The van der Waals surface area contributed by atoms with E-state index in [1.54, 1.807) is 18.5 Å². The maximum absolute atomic E-state index is 12.1. The van der Waals surface area contributed by atoms with E-state index in [9.17, 15) is 8.42 Å². The number of rotatable bonds is 3. The molecule has 0 amide bonds. The van der Waals surface area contributed by atoms with Crippen LogP contribution in [0.4, 0.5) is 5.13 Å². The topological polar surface area (TPSA) is 97.1 Å². The molecule has 2 heterocycles. The molecule has 0 fully saturated rings. The molecule has 7 nitrogen and oxygen atoms in total. The monoisotopic (exact) mass is 312 g/mol. The maximum atomic E-state index is 12.1. The van der Waals surface area contributed by atoms with Crippen molar-refractivity contribution in [2.24, 2.45) is 7.05 Å². The molecule has 2 aromatic heterocycles. The number of hydrogen-bond donors (Lipinski definition) is 2. The molecule has 2 rings (SSSR count). The number of nitrogens with one attached hydrogen (secondary N) is 1. The van der Waals surface area contributed by atoms with E-state index >= 15 is 0 Å². The van der Waals surface area contributed by atoms with Crippen molar-refractivity contribution < 1.29 is 13.5 Å². The third kappa shape index (κ3) is 3.16. The van der Waals surface area contributed by atoms with Gasteiger partial charge in [0.2, 0.25) is 0 Å². The Hall–Kier alpha value is -1.89. The quantitative estimate of drug-likeness (QED) is 0.796. The number of hydrogen-bond acceptors (Lipinski definition) is 6. The highest BCUT2D eigenvalue weighted by Gasteiger charge is 2.19. The van der Waals surface area contributed by atoms with Crippen molar-refractivity contribution in [3.05, 3.63) is 23.1 Å². The van der Waals surface area contributed by atoms with Gasteiger partial charge in [-0.2, -0.15) is 8.42 Å². The first kappa shape index (κ1) is 14.5. The Morgan fingerprint density at radius 3 is 2.90 bits per heavy atom. The van der Waals surface area contributed by atoms with Crippen LogP contribution in [0.2, 0.25) is 0 Å². The van der Waals surface area contributed by atoms with E-state index < -0.39 is 10.0 Å². The predicted molar refractivity (Wildman–Crippen MR) is 74.8 cm³/mol. The second-order valence-electron chi connectivity index (χ2n) is 3.83. The van der Waals surface area contributed by atoms with E-state index in [1.165, 1.54) is 12.4 Å². The average molecular weight is 312 g/mol. The van der Waals surface area contributed by atoms with Crippen LogP contribution >= 0.6 is 11.3 Å². The molecule has 0 bridgehead atoms. The highest BCUT2D eigenvalue weighted by atomic mass is 32.2. The minimum absolute atomic E-state index is 0.0595. The lowest BCUT2D eigenvalue weighted by atomic mass is 10.5. The second kappa shape index (κ2) is 5.62. The zero-order chi connectivity index (χ0) is 14.8. The fraction of sp³-hybridized carbons (Fsp3) is 0.273. The van der Waals surface area contributed by atoms with E-state index in [-0.39, 0.29) is 16.8 Å². The first-order valence-corrected chi connectivity index (χ1v) is 7.80. The van der Waals surface area contributed by atoms with Gasteiger partial charge in [0.1, 0.15) is 12.4 Å². The number of anilines is 1. The largest absolute Gasteiger partial charge is 0.384 e. The Bertz CT molecular complexity index is 761. The van der Waals surface area contributed by atoms with Crippen LogP contribution in [0.15, 0.2) is 17.4 Å². The molecule has 0 saturated carbocycles. The number of aryl methyl sites for hydroxylation is 2. The van der Waals surface area contributed by atoms with Crippen molar-refractivity contribution >= 4 is 26.5 Å². The SMILES string of the molecule is Cc1nc(S(=O)(=O)Nc2ncc(C#CCO)s2)cn1C. The zero-order valence-electron chi connectivity index (χ0n) is 10.8. The highest BCUT2D eigenvalue weighted by Crippen LogP contribution is 2.20. The third-order valence-electron chi connectivity index (χ3n) is 2.38. The lowest BCUT2D eigenvalue weighted by Crippen LogP contribution is -2.13. The van der Waals surface area contributed by atoms with Crippen LogP contribution in [0.1, 0.15) is 10.7 Å². The molecular formula is C11H12N4O3S2. The van der Waals surface area contributed by atoms with Crippen molar-refractivity contribution in [1.82, 2.24) is 14.5 Å². The summed E-state index contributed by atoms with van der Waals surface area (Å²) in [5.41, 5.74) is 0. The van der Waals surface area contributed by atoms with Crippen molar-refractivity contribution in [3.63, 3.8) is 0 Å². The number of aliphatic hydroxyl groups excluding tert-OH is 1. The number of aromatic nitrogens is 3. The van der Waals surface area contributed by atoms with Gasteiger partial charge in [-0.1, -0.05) is 23.2 Å². The molecule has 0 aliphatic rings. The first-order chi connectivity index (χ1) is 9.42. The van der Waals surface area contributed by atoms with Crippen LogP contribution in [0.3, 0.4) is 0 Å². The summed E-state index contributed by atoms with van der Waals surface area (Å²) in [6, 6.07) is 0. The van der Waals surface area contributed by atoms with Crippen LogP contribution in [0.25, 0.3) is 0 Å². The van der Waals surface area contributed by atoms with Crippen molar-refractivity contribution in [2.75, 3.05) is 11.3 Å². The van der Waals surface area contributed by atoms with Crippen molar-refractivity contribution in [2.45, 2.75) is 11.9 Å². The van der Waals surface area contributed by atoms with Gasteiger partial charge >= 0.3 is 0 Å². The minimum atomic E-state index is -3.75. The lowest BCUT2D eigenvalue weighted by Gasteiger charge is -2.00. The fourth-order valence-electron chi connectivity index (χ4n) is 1.33. The molecule has 0 aliphatic carbocycles. The van der Waals surface area contributed by atoms with Gasteiger partial charge in [0.15, 0.2) is 10.2 Å². The third-order valence-corrected chi connectivity index (χ3v) is 4.55. The van der Waals surface area contributed by atoms with E-state index in [1.807, 2.05) is 0 Å². The molecule has 9 heteroatoms. The molecule has 0 atom stereocenters. The van der Waals surface area contributed by atoms with Gasteiger partial charge in [0, 0.05) is 13.2 Å². The summed E-state index contributed by atoms with van der Waals surface area (Å²) >= 11 is 1.08. The lowest BCUT2D eigenvalue weighted by molar-refractivity contribution is 0.350. The van der Waals surface area contributed by atoms with E-state index in [2.05, 4.69) is 26.5 Å². The summed E-state index contributed by atoms with van der Waals surface area (Å²) in [6.45, 7) is 1.46. The molecule has 0 radical (unpaired) electrons. The number of aliphatic hydroxyl groups is 1. The summed E-state index contributed by atoms with van der Waals surface area (Å²) < 4.78 is 28.2. The number of nitrogens with zero attached hydrogens (tertiary/aromatic N) is 3. The summed E-state index contributed by atoms with van der Waals surface area (Å²) in [5, 5.41) is 8.73. The van der Waals surface area contributed by atoms with E-state index in [0.717, 1.165) is 11.3 Å². The smallest absolute Gasteiger partial charge is 0.282 e. The van der Waals surface area contributed by atoms with Gasteiger partial charge in [-0.3, -0.25) is 4.72 Å². The standard InChI is InChI=1S/C11H12N4O3S2/c1-8-13-10(7-15(8)2)20(17,18)14-11-12-6-9(19-11)4-3-5-16/h6-7,16H,5H2,1-2H3,(H,12,14). The van der Waals surface area contributed by atoms with Crippen LogP contribution in [-0.4, -0.2) is 34.7 Å². The minimum Gasteiger partial charge on any atom is -0.384 e. The Morgan fingerprint density at radius 1 is 1.55 bits per heavy atom. The van der Waals surface area contributed by atoms with Crippen LogP contribution < -0.4 is 4.72 Å². The van der Waals surface area contributed by atoms with Crippen molar-refractivity contribution in [1.29, 1.82) is 0 Å². The summed E-state index contributed by atoms with van der Waals surface area (Å²) in [6.07, 6.45) is 2.87. The molecule has 0 unspecified atom stereocenters. The molecule has 0 aromatic carbocycles. The summed E-state index contributed by atoms with van der Waals surface area (Å²) in [4.78, 5) is 8.45. The molecule has 106 valence electrons. The van der Waals surface area contributed by atoms with Crippen LogP contribution in [-0.2, 0) is 17.1 Å². The van der Waals surface area contributed by atoms with Gasteiger partial charge < -0.3 is 9.67 Å². The molecule has 2 N–H and O–H groups in total. The van der Waals surface area contributed by atoms with Gasteiger partial charge in [-0.15, -0.1) is 0 Å². The van der Waals surface area contributed by atoms with Crippen LogP contribution in [0, 0.1) is 18.8 Å². The molecule has 0 spiro atoms. The van der Waals surface area contributed by atoms with Crippen molar-refractivity contribution in [3.8, 4) is 11.8 Å². The predicted octanol–water partition coefficient (Wildman–Crippen LogP) is 0.330. The van der Waals surface area contributed by atoms with Gasteiger partial charge in [0.25, 0.3) is 10.0 Å². The second-order valence-corrected chi connectivity index (χ2v) is 6.49. The molecule has 0 aliphatic heterocycles. The van der Waals surface area contributed by atoms with Gasteiger partial charge in [0.05, 0.1) is 11.1 Å². The molecular weight excluding hydrogens is 300 g/mol. The van der Waals surface area contributed by atoms with E-state index in [0.29, 0.717) is 10.7 Å². The molecule has 0 saturated heterocycles. The average Bonchev–Trinajstić information content (AvgIpc) is 2.95. The maximum Gasteiger partial charge on any atom is 0.282 e. The van der Waals surface area contributed by atoms with Crippen LogP contribution in [0.5, 0.6) is 0 Å². The Morgan fingerprint density at radius 2 is 2.30 bits per heavy atom. The summed E-state index contributed by atoms with van der Waals surface area (Å²) in [7, 11) is -2.04.